The molecule has 0 amide bonds. The molecule has 2 rings (SSSR count). The van der Waals surface area contributed by atoms with Gasteiger partial charge >= 0.3 is 15.8 Å². The molecule has 0 N–H and O–H groups in total. The summed E-state index contributed by atoms with van der Waals surface area (Å²) >= 11 is 0. The molecule has 0 radical (unpaired) electrons. The minimum absolute atomic E-state index is 0.241. The van der Waals surface area contributed by atoms with E-state index in [-0.39, 0.29) is 4.90 Å². The second-order valence-corrected chi connectivity index (χ2v) is 7.12. The first kappa shape index (κ1) is 16.9. The van der Waals surface area contributed by atoms with Crippen LogP contribution in [-0.2, 0) is 20.2 Å². The van der Waals surface area contributed by atoms with E-state index in [0.717, 1.165) is 12.1 Å². The van der Waals surface area contributed by atoms with Crippen LogP contribution in [0.2, 0.25) is 0 Å². The zero-order valence-electron chi connectivity index (χ0n) is 11.1. The van der Waals surface area contributed by atoms with Crippen LogP contribution in [0.1, 0.15) is 0 Å². The summed E-state index contributed by atoms with van der Waals surface area (Å²) in [6.07, 6.45) is 0. The van der Waals surface area contributed by atoms with Gasteiger partial charge in [-0.3, -0.25) is 10.1 Å². The van der Waals surface area contributed by atoms with Gasteiger partial charge in [-0.2, -0.15) is 8.42 Å². The molecule has 0 atom stereocenters. The number of nitrogens with zero attached hydrogens (tertiary/aromatic N) is 1. The van der Waals surface area contributed by atoms with Crippen molar-refractivity contribution in [1.29, 1.82) is 0 Å². The Morgan fingerprint density at radius 3 is 2.04 bits per heavy atom. The van der Waals surface area contributed by atoms with Gasteiger partial charge in [0.05, 0.1) is 9.82 Å². The molecule has 0 aromatic heterocycles. The molecular weight excluding hydrogens is 350 g/mol. The molecular formula is C12H8NO8S2-. The van der Waals surface area contributed by atoms with E-state index in [2.05, 4.69) is 4.18 Å². The van der Waals surface area contributed by atoms with E-state index < -0.39 is 41.5 Å². The lowest BCUT2D eigenvalue weighted by atomic mass is 10.3. The Labute approximate surface area is 131 Å². The van der Waals surface area contributed by atoms with Crippen molar-refractivity contribution in [2.75, 3.05) is 0 Å². The molecule has 0 aliphatic heterocycles. The predicted molar refractivity (Wildman–Crippen MR) is 75.3 cm³/mol. The maximum Gasteiger partial charge on any atom is 0.339 e. The van der Waals surface area contributed by atoms with E-state index in [4.69, 9.17) is 0 Å². The highest BCUT2D eigenvalue weighted by molar-refractivity contribution is 7.87. The molecule has 0 aliphatic carbocycles. The maximum absolute atomic E-state index is 12.0. The Bertz CT molecular complexity index is 952. The minimum atomic E-state index is -4.93. The van der Waals surface area contributed by atoms with Gasteiger partial charge in [-0.1, -0.05) is 18.2 Å². The van der Waals surface area contributed by atoms with E-state index in [0.29, 0.717) is 6.07 Å². The molecule has 0 saturated heterocycles. The van der Waals surface area contributed by atoms with Crippen molar-refractivity contribution in [3.05, 3.63) is 58.6 Å². The number of nitro groups is 1. The molecule has 2 aromatic carbocycles. The average molecular weight is 358 g/mol. The van der Waals surface area contributed by atoms with E-state index in [1.54, 1.807) is 6.07 Å². The second-order valence-electron chi connectivity index (χ2n) is 4.19. The van der Waals surface area contributed by atoms with Crippen molar-refractivity contribution in [2.24, 2.45) is 0 Å². The third-order valence-corrected chi connectivity index (χ3v) is 4.73. The number of hydrogen-bond donors (Lipinski definition) is 0. The van der Waals surface area contributed by atoms with E-state index >= 15 is 0 Å². The van der Waals surface area contributed by atoms with Crippen molar-refractivity contribution in [1.82, 2.24) is 0 Å². The quantitative estimate of drug-likeness (QED) is 0.336. The molecule has 0 heterocycles. The molecule has 0 saturated carbocycles. The largest absolute Gasteiger partial charge is 0.744 e. The van der Waals surface area contributed by atoms with Crippen molar-refractivity contribution >= 4 is 25.9 Å². The first-order valence-electron chi connectivity index (χ1n) is 5.85. The fourth-order valence-corrected chi connectivity index (χ4v) is 3.07. The first-order chi connectivity index (χ1) is 10.6. The molecule has 23 heavy (non-hydrogen) atoms. The van der Waals surface area contributed by atoms with Gasteiger partial charge in [0.2, 0.25) is 5.75 Å². The zero-order valence-corrected chi connectivity index (χ0v) is 12.8. The van der Waals surface area contributed by atoms with Crippen LogP contribution in [0.15, 0.2) is 58.3 Å². The summed E-state index contributed by atoms with van der Waals surface area (Å²) in [5, 5.41) is 11.0. The summed E-state index contributed by atoms with van der Waals surface area (Å²) in [5.74, 6) is -0.703. The van der Waals surface area contributed by atoms with Crippen LogP contribution in [0.4, 0.5) is 5.69 Å². The lowest BCUT2D eigenvalue weighted by Gasteiger charge is -2.10. The van der Waals surface area contributed by atoms with E-state index in [9.17, 15) is 31.5 Å². The SMILES string of the molecule is O=[N+]([O-])c1cc(S(=O)(=O)[O-])ccc1OS(=O)(=O)c1ccccc1. The Morgan fingerprint density at radius 1 is 0.913 bits per heavy atom. The van der Waals surface area contributed by atoms with Gasteiger partial charge in [0, 0.05) is 6.07 Å². The van der Waals surface area contributed by atoms with Crippen LogP contribution in [0, 0.1) is 10.1 Å². The summed E-state index contributed by atoms with van der Waals surface area (Å²) in [6, 6.07) is 8.77. The smallest absolute Gasteiger partial charge is 0.339 e. The summed E-state index contributed by atoms with van der Waals surface area (Å²) in [7, 11) is -9.28. The van der Waals surface area contributed by atoms with Gasteiger partial charge in [-0.25, -0.2) is 8.42 Å². The Hall–Kier alpha value is -2.50. The molecule has 9 nitrogen and oxygen atoms in total. The number of hydrogen-bond acceptors (Lipinski definition) is 8. The fourth-order valence-electron chi connectivity index (χ4n) is 1.62. The van der Waals surface area contributed by atoms with Crippen LogP contribution < -0.4 is 4.18 Å². The third-order valence-electron chi connectivity index (χ3n) is 2.65. The van der Waals surface area contributed by atoms with E-state index in [1.807, 2.05) is 0 Å². The van der Waals surface area contributed by atoms with Crippen LogP contribution in [0.3, 0.4) is 0 Å². The van der Waals surface area contributed by atoms with Crippen molar-refractivity contribution in [3.8, 4) is 5.75 Å². The topological polar surface area (TPSA) is 144 Å². The van der Waals surface area contributed by atoms with Gasteiger partial charge in [0.15, 0.2) is 0 Å². The Morgan fingerprint density at radius 2 is 1.52 bits per heavy atom. The molecule has 11 heteroatoms. The molecule has 122 valence electrons. The Kier molecular flexibility index (Phi) is 4.36. The Balaban J connectivity index is 2.50. The lowest BCUT2D eigenvalue weighted by Crippen LogP contribution is -2.11. The van der Waals surface area contributed by atoms with Crippen LogP contribution in [-0.4, -0.2) is 26.3 Å². The highest BCUT2D eigenvalue weighted by atomic mass is 32.2. The summed E-state index contributed by atoms with van der Waals surface area (Å²) in [5.41, 5.74) is -0.957. The third kappa shape index (κ3) is 3.83. The molecule has 0 fully saturated rings. The fraction of sp³-hybridized carbons (Fsp3) is 0. The molecule has 0 aliphatic rings. The van der Waals surface area contributed by atoms with Gasteiger partial charge < -0.3 is 8.74 Å². The summed E-state index contributed by atoms with van der Waals surface area (Å²) in [4.78, 5) is 8.80. The lowest BCUT2D eigenvalue weighted by molar-refractivity contribution is -0.385. The van der Waals surface area contributed by atoms with Crippen molar-refractivity contribution in [2.45, 2.75) is 9.79 Å². The summed E-state index contributed by atoms with van der Waals surface area (Å²) in [6.45, 7) is 0. The monoisotopic (exact) mass is 358 g/mol. The van der Waals surface area contributed by atoms with Gasteiger partial charge in [0.25, 0.3) is 0 Å². The average Bonchev–Trinajstić information content (AvgIpc) is 2.46. The van der Waals surface area contributed by atoms with E-state index in [1.165, 1.54) is 24.3 Å². The minimum Gasteiger partial charge on any atom is -0.744 e. The van der Waals surface area contributed by atoms with Crippen LogP contribution >= 0.6 is 0 Å². The predicted octanol–water partition coefficient (Wildman–Crippen LogP) is 1.27. The van der Waals surface area contributed by atoms with Crippen molar-refractivity contribution < 1.29 is 30.5 Å². The highest BCUT2D eigenvalue weighted by Gasteiger charge is 2.24. The van der Waals surface area contributed by atoms with Crippen LogP contribution in [0.25, 0.3) is 0 Å². The molecule has 2 aromatic rings. The standard InChI is InChI=1S/C12H9NO8S2/c14-13(15)11-8-10(22(16,17)18)6-7-12(11)21-23(19,20)9-4-2-1-3-5-9/h1-8H,(H,16,17,18)/p-1. The molecule has 0 bridgehead atoms. The van der Waals surface area contributed by atoms with Crippen molar-refractivity contribution in [3.63, 3.8) is 0 Å². The number of nitro benzene ring substituents is 1. The summed E-state index contributed by atoms with van der Waals surface area (Å²) < 4.78 is 61.4. The first-order valence-corrected chi connectivity index (χ1v) is 8.67. The van der Waals surface area contributed by atoms with Gasteiger partial charge in [-0.05, 0) is 24.3 Å². The maximum atomic E-state index is 12.0. The van der Waals surface area contributed by atoms with Gasteiger partial charge in [-0.15, -0.1) is 0 Å². The van der Waals surface area contributed by atoms with Gasteiger partial charge in [0.1, 0.15) is 15.0 Å². The zero-order chi connectivity index (χ0) is 17.3. The highest BCUT2D eigenvalue weighted by Crippen LogP contribution is 2.31. The normalized spacial score (nSPS) is 11.9. The molecule has 0 unspecified atom stereocenters. The molecule has 0 spiro atoms. The number of rotatable bonds is 5. The second kappa shape index (κ2) is 5.95. The van der Waals surface area contributed by atoms with Crippen LogP contribution in [0.5, 0.6) is 5.75 Å². The number of benzene rings is 2.